The van der Waals surface area contributed by atoms with Gasteiger partial charge in [-0.2, -0.15) is 0 Å². The molecule has 0 radical (unpaired) electrons. The van der Waals surface area contributed by atoms with Crippen LogP contribution in [0.5, 0.6) is 5.75 Å². The molecule has 0 spiro atoms. The van der Waals surface area contributed by atoms with E-state index in [1.165, 1.54) is 25.3 Å². The number of urea groups is 1. The average molecular weight is 432 g/mol. The number of carbonyl (C=O) groups excluding carboxylic acids is 3. The molecule has 4 N–H and O–H groups in total. The van der Waals surface area contributed by atoms with E-state index in [-0.39, 0.29) is 23.4 Å². The van der Waals surface area contributed by atoms with Crippen LogP contribution in [-0.2, 0) is 19.6 Å². The van der Waals surface area contributed by atoms with Gasteiger partial charge in [-0.05, 0) is 48.9 Å². The summed E-state index contributed by atoms with van der Waals surface area (Å²) in [4.78, 5) is 34.7. The highest BCUT2D eigenvalue weighted by atomic mass is 32.2. The van der Waals surface area contributed by atoms with Gasteiger partial charge in [-0.1, -0.05) is 6.07 Å². The number of hydrogen-bond donors (Lipinski definition) is 4. The van der Waals surface area contributed by atoms with Gasteiger partial charge < -0.3 is 15.4 Å². The molecule has 0 bridgehead atoms. The van der Waals surface area contributed by atoms with Crippen molar-refractivity contribution in [3.05, 3.63) is 48.5 Å². The minimum atomic E-state index is -3.87. The molecule has 0 aromatic heterocycles. The maximum atomic E-state index is 12.6. The third-order valence-electron chi connectivity index (χ3n) is 4.29. The van der Waals surface area contributed by atoms with Crippen LogP contribution in [0.1, 0.15) is 12.8 Å². The molecule has 1 aliphatic heterocycles. The molecular formula is C19H20N4O6S. The standard InChI is InChI=1S/C19H20N4O6S/c1-29-14-7-5-12(6-8-14)23-30(27,28)15-4-2-3-13(11-15)20-17(24)10-9-16-18(25)22-19(26)21-16/h2-8,11,16,23H,9-10H2,1H3,(H,20,24)(H2,21,22,25,26). The molecule has 1 heterocycles. The van der Waals surface area contributed by atoms with Crippen LogP contribution < -0.4 is 25.4 Å². The molecule has 4 amide bonds. The van der Waals surface area contributed by atoms with Gasteiger partial charge in [0.15, 0.2) is 0 Å². The van der Waals surface area contributed by atoms with Crippen molar-refractivity contribution in [3.8, 4) is 5.75 Å². The van der Waals surface area contributed by atoms with Crippen molar-refractivity contribution in [2.75, 3.05) is 17.1 Å². The van der Waals surface area contributed by atoms with Crippen molar-refractivity contribution < 1.29 is 27.5 Å². The fraction of sp³-hybridized carbons (Fsp3) is 0.211. The third-order valence-corrected chi connectivity index (χ3v) is 5.67. The number of nitrogens with one attached hydrogen (secondary N) is 4. The van der Waals surface area contributed by atoms with Crippen LogP contribution in [0.25, 0.3) is 0 Å². The summed E-state index contributed by atoms with van der Waals surface area (Å²) in [5.74, 6) is -0.301. The number of hydrogen-bond acceptors (Lipinski definition) is 6. The van der Waals surface area contributed by atoms with Crippen LogP contribution in [0.2, 0.25) is 0 Å². The van der Waals surface area contributed by atoms with Gasteiger partial charge in [0, 0.05) is 17.8 Å². The minimum Gasteiger partial charge on any atom is -0.497 e. The van der Waals surface area contributed by atoms with E-state index in [9.17, 15) is 22.8 Å². The predicted molar refractivity (Wildman–Crippen MR) is 109 cm³/mol. The second kappa shape index (κ2) is 8.82. The Hall–Kier alpha value is -3.60. The normalized spacial score (nSPS) is 15.8. The van der Waals surface area contributed by atoms with E-state index < -0.39 is 33.9 Å². The van der Waals surface area contributed by atoms with Crippen LogP contribution in [0.4, 0.5) is 16.2 Å². The summed E-state index contributed by atoms with van der Waals surface area (Å²) in [6.45, 7) is 0. The second-order valence-electron chi connectivity index (χ2n) is 6.46. The first kappa shape index (κ1) is 21.1. The lowest BCUT2D eigenvalue weighted by atomic mass is 10.1. The van der Waals surface area contributed by atoms with Crippen LogP contribution in [0.3, 0.4) is 0 Å². The molecule has 1 unspecified atom stereocenters. The Balaban J connectivity index is 1.62. The monoisotopic (exact) mass is 432 g/mol. The first-order valence-electron chi connectivity index (χ1n) is 8.95. The highest BCUT2D eigenvalue weighted by Crippen LogP contribution is 2.21. The first-order chi connectivity index (χ1) is 14.3. The minimum absolute atomic E-state index is 0.0283. The number of sulfonamides is 1. The number of benzene rings is 2. The lowest BCUT2D eigenvalue weighted by Crippen LogP contribution is -2.30. The number of methoxy groups -OCH3 is 1. The Morgan fingerprint density at radius 1 is 1.10 bits per heavy atom. The maximum Gasteiger partial charge on any atom is 0.322 e. The van der Waals surface area contributed by atoms with Crippen LogP contribution in [0.15, 0.2) is 53.4 Å². The fourth-order valence-electron chi connectivity index (χ4n) is 2.78. The van der Waals surface area contributed by atoms with Gasteiger partial charge in [0.2, 0.25) is 5.91 Å². The molecule has 3 rings (SSSR count). The lowest BCUT2D eigenvalue weighted by molar-refractivity contribution is -0.120. The van der Waals surface area contributed by atoms with Crippen LogP contribution in [0, 0.1) is 0 Å². The molecule has 158 valence electrons. The summed E-state index contributed by atoms with van der Waals surface area (Å²) in [7, 11) is -2.36. The molecule has 1 atom stereocenters. The molecule has 0 aliphatic carbocycles. The molecule has 1 saturated heterocycles. The lowest BCUT2D eigenvalue weighted by Gasteiger charge is -2.11. The Morgan fingerprint density at radius 3 is 2.47 bits per heavy atom. The van der Waals surface area contributed by atoms with E-state index >= 15 is 0 Å². The molecule has 10 nitrogen and oxygen atoms in total. The fourth-order valence-corrected chi connectivity index (χ4v) is 3.88. The topological polar surface area (TPSA) is 143 Å². The van der Waals surface area contributed by atoms with Crippen molar-refractivity contribution in [1.29, 1.82) is 0 Å². The number of ether oxygens (including phenoxy) is 1. The zero-order valence-electron chi connectivity index (χ0n) is 16.0. The van der Waals surface area contributed by atoms with Crippen molar-refractivity contribution in [1.82, 2.24) is 10.6 Å². The third kappa shape index (κ3) is 5.26. The van der Waals surface area contributed by atoms with E-state index in [4.69, 9.17) is 4.74 Å². The maximum absolute atomic E-state index is 12.6. The SMILES string of the molecule is COc1ccc(NS(=O)(=O)c2cccc(NC(=O)CCC3NC(=O)NC3=O)c2)cc1. The van der Waals surface area contributed by atoms with E-state index in [0.29, 0.717) is 11.4 Å². The molecule has 0 saturated carbocycles. The smallest absolute Gasteiger partial charge is 0.322 e. The predicted octanol–water partition coefficient (Wildman–Crippen LogP) is 1.42. The Morgan fingerprint density at radius 2 is 1.83 bits per heavy atom. The molecule has 1 aliphatic rings. The summed E-state index contributed by atoms with van der Waals surface area (Å²) < 4.78 is 32.7. The zero-order chi connectivity index (χ0) is 21.7. The average Bonchev–Trinajstić information content (AvgIpc) is 3.04. The quantitative estimate of drug-likeness (QED) is 0.465. The van der Waals surface area contributed by atoms with Crippen molar-refractivity contribution >= 4 is 39.2 Å². The van der Waals surface area contributed by atoms with Gasteiger partial charge in [0.25, 0.3) is 15.9 Å². The number of carbonyl (C=O) groups is 3. The van der Waals surface area contributed by atoms with Gasteiger partial charge in [-0.25, -0.2) is 13.2 Å². The summed E-state index contributed by atoms with van der Waals surface area (Å²) >= 11 is 0. The highest BCUT2D eigenvalue weighted by molar-refractivity contribution is 7.92. The molecule has 2 aromatic carbocycles. The van der Waals surface area contributed by atoms with Crippen LogP contribution in [-0.4, -0.2) is 39.4 Å². The van der Waals surface area contributed by atoms with Gasteiger partial charge in [0.1, 0.15) is 11.8 Å². The summed E-state index contributed by atoms with van der Waals surface area (Å²) in [6.07, 6.45) is 0.0971. The number of rotatable bonds is 8. The summed E-state index contributed by atoms with van der Waals surface area (Å²) in [6, 6.07) is 10.8. The number of amides is 4. The van der Waals surface area contributed by atoms with Gasteiger partial charge in [-0.15, -0.1) is 0 Å². The van der Waals surface area contributed by atoms with Crippen molar-refractivity contribution in [2.45, 2.75) is 23.8 Å². The Labute approximate surface area is 173 Å². The molecule has 1 fully saturated rings. The van der Waals surface area contributed by atoms with Crippen molar-refractivity contribution in [2.24, 2.45) is 0 Å². The van der Waals surface area contributed by atoms with Crippen LogP contribution >= 0.6 is 0 Å². The van der Waals surface area contributed by atoms with E-state index in [1.807, 2.05) is 0 Å². The van der Waals surface area contributed by atoms with E-state index in [0.717, 1.165) is 0 Å². The Bertz CT molecular complexity index is 1070. The van der Waals surface area contributed by atoms with Gasteiger partial charge >= 0.3 is 6.03 Å². The van der Waals surface area contributed by atoms with Gasteiger partial charge in [0.05, 0.1) is 12.0 Å². The van der Waals surface area contributed by atoms with Crippen molar-refractivity contribution in [3.63, 3.8) is 0 Å². The zero-order valence-corrected chi connectivity index (χ0v) is 16.8. The van der Waals surface area contributed by atoms with E-state index in [1.54, 1.807) is 30.3 Å². The highest BCUT2D eigenvalue weighted by Gasteiger charge is 2.29. The van der Waals surface area contributed by atoms with Gasteiger partial charge in [-0.3, -0.25) is 19.6 Å². The van der Waals surface area contributed by atoms with E-state index in [2.05, 4.69) is 20.7 Å². The molecular weight excluding hydrogens is 412 g/mol. The number of imide groups is 1. The summed E-state index contributed by atoms with van der Waals surface area (Å²) in [5.41, 5.74) is 0.652. The molecule has 2 aromatic rings. The molecule has 11 heteroatoms. The largest absolute Gasteiger partial charge is 0.497 e. The Kier molecular flexibility index (Phi) is 6.21. The second-order valence-corrected chi connectivity index (χ2v) is 8.15. The summed E-state index contributed by atoms with van der Waals surface area (Å²) in [5, 5.41) is 7.09. The number of anilines is 2. The molecule has 30 heavy (non-hydrogen) atoms. The first-order valence-corrected chi connectivity index (χ1v) is 10.4.